The molecule has 0 atom stereocenters. The first-order valence-corrected chi connectivity index (χ1v) is 9.43. The van der Waals surface area contributed by atoms with Crippen LogP contribution in [0, 0.1) is 63.6 Å². The van der Waals surface area contributed by atoms with E-state index in [2.05, 4.69) is 0 Å². The predicted octanol–water partition coefficient (Wildman–Crippen LogP) is 4.53. The predicted molar refractivity (Wildman–Crippen MR) is 100 cm³/mol. The number of carbonyl (C=O) groups is 2. The zero-order valence-electron chi connectivity index (χ0n) is 13.9. The summed E-state index contributed by atoms with van der Waals surface area (Å²) in [4.78, 5) is 24.0. The molecular weight excluding hydrogens is 424 g/mol. The molecule has 7 heteroatoms. The Kier molecular flexibility index (Phi) is 9.55. The molecule has 0 aromatic carbocycles. The van der Waals surface area contributed by atoms with Crippen LogP contribution in [0.25, 0.3) is 0 Å². The molecule has 2 aromatic heterocycles. The quantitative estimate of drug-likeness (QED) is 0.520. The summed E-state index contributed by atoms with van der Waals surface area (Å²) in [5, 5.41) is 3.70. The first-order valence-electron chi connectivity index (χ1n) is 7.67. The average Bonchev–Trinajstić information content (AvgIpc) is 3.43. The number of hydrogen-bond donors (Lipinski definition) is 0. The average molecular weight is 438 g/mol. The summed E-state index contributed by atoms with van der Waals surface area (Å²) in [6.07, 6.45) is 15.5. The van der Waals surface area contributed by atoms with E-state index in [0.717, 1.165) is 0 Å². The number of thiophene rings is 2. The molecule has 2 heterocycles. The smallest absolute Gasteiger partial charge is 0.349 e. The van der Waals surface area contributed by atoms with Gasteiger partial charge in [0.1, 0.15) is 9.75 Å². The van der Waals surface area contributed by atoms with Crippen LogP contribution in [0.4, 0.5) is 0 Å². The minimum absolute atomic E-state index is 0. The van der Waals surface area contributed by atoms with Crippen molar-refractivity contribution in [2.75, 3.05) is 0 Å². The third-order valence-electron chi connectivity index (χ3n) is 3.13. The van der Waals surface area contributed by atoms with Gasteiger partial charge in [0.25, 0.3) is 0 Å². The van der Waals surface area contributed by atoms with E-state index in [0.29, 0.717) is 22.0 Å². The molecule has 0 amide bonds. The number of ether oxygens (including phenoxy) is 2. The number of carbonyl (C=O) groups excluding carboxylic acids is 2. The first-order chi connectivity index (χ1) is 12.7. The van der Waals surface area contributed by atoms with Crippen LogP contribution >= 0.6 is 22.7 Å². The number of hydrogen-bond acceptors (Lipinski definition) is 6. The Morgan fingerprint density at radius 2 is 1.04 bits per heavy atom. The van der Waals surface area contributed by atoms with Crippen LogP contribution < -0.4 is 0 Å². The Hall–Kier alpha value is -1.14. The standard InChI is InChI=1S/2C10H7O2S.Fe/c2*11-10(9-6-3-7-13-9)12-8-4-1-2-5-8;/h2*1-7H;. The summed E-state index contributed by atoms with van der Waals surface area (Å²) in [5.41, 5.74) is 0. The van der Waals surface area contributed by atoms with E-state index in [1.807, 2.05) is 48.6 Å². The van der Waals surface area contributed by atoms with E-state index < -0.39 is 0 Å². The van der Waals surface area contributed by atoms with Crippen LogP contribution in [0.1, 0.15) is 19.3 Å². The van der Waals surface area contributed by atoms with Gasteiger partial charge in [-0.05, 0) is 48.6 Å². The van der Waals surface area contributed by atoms with E-state index in [1.165, 1.54) is 22.7 Å². The Labute approximate surface area is 178 Å². The fourth-order valence-electron chi connectivity index (χ4n) is 1.95. The Bertz CT molecular complexity index is 613. The Morgan fingerprint density at radius 1 is 0.667 bits per heavy atom. The molecule has 0 spiro atoms. The van der Waals surface area contributed by atoms with Crippen molar-refractivity contribution in [1.29, 1.82) is 0 Å². The molecule has 2 aliphatic rings. The third-order valence-corrected chi connectivity index (χ3v) is 4.83. The fraction of sp³-hybridized carbons (Fsp3) is 0. The molecule has 4 nitrogen and oxygen atoms in total. The number of rotatable bonds is 4. The maximum absolute atomic E-state index is 11.4. The molecule has 138 valence electrons. The van der Waals surface area contributed by atoms with Gasteiger partial charge in [-0.2, -0.15) is 0 Å². The SMILES string of the molecule is O=C(O[C]1[CH][CH][CH][CH]1)c1cccs1.O=C(O[C]1[CH][CH][CH][CH]1)c1cccs1.[Fe]. The van der Waals surface area contributed by atoms with Gasteiger partial charge >= 0.3 is 11.9 Å². The molecular formula is C20H14FeO4S2. The molecule has 27 heavy (non-hydrogen) atoms. The summed E-state index contributed by atoms with van der Waals surface area (Å²) in [6, 6.07) is 7.14. The van der Waals surface area contributed by atoms with Crippen LogP contribution in [0.15, 0.2) is 35.0 Å². The van der Waals surface area contributed by atoms with Gasteiger partial charge in [0, 0.05) is 42.8 Å². The summed E-state index contributed by atoms with van der Waals surface area (Å²) in [6.45, 7) is 0. The normalized spacial score (nSPS) is 16.9. The zero-order chi connectivity index (χ0) is 18.2. The molecule has 4 rings (SSSR count). The largest absolute Gasteiger partial charge is 0.450 e. The van der Waals surface area contributed by atoms with Crippen LogP contribution in [0.3, 0.4) is 0 Å². The topological polar surface area (TPSA) is 52.6 Å². The minimum atomic E-state index is -0.291. The molecule has 10 radical (unpaired) electrons. The monoisotopic (exact) mass is 438 g/mol. The van der Waals surface area contributed by atoms with Crippen LogP contribution in [0.5, 0.6) is 0 Å². The van der Waals surface area contributed by atoms with Crippen molar-refractivity contribution < 1.29 is 36.1 Å². The van der Waals surface area contributed by atoms with E-state index in [1.54, 1.807) is 37.8 Å². The summed E-state index contributed by atoms with van der Waals surface area (Å²) in [5.74, 6) is -0.581. The molecule has 0 aliphatic heterocycles. The number of esters is 2. The van der Waals surface area contributed by atoms with E-state index in [-0.39, 0.29) is 29.0 Å². The first kappa shape index (κ1) is 22.2. The molecule has 2 fully saturated rings. The second-order valence-electron chi connectivity index (χ2n) is 4.97. The Balaban J connectivity index is 0.000000187. The van der Waals surface area contributed by atoms with Crippen molar-refractivity contribution in [3.63, 3.8) is 0 Å². The Morgan fingerprint density at radius 3 is 1.33 bits per heavy atom. The minimum Gasteiger partial charge on any atom is -0.450 e. The van der Waals surface area contributed by atoms with Crippen LogP contribution in [-0.4, -0.2) is 11.9 Å². The van der Waals surface area contributed by atoms with E-state index in [4.69, 9.17) is 9.47 Å². The molecule has 2 aromatic rings. The van der Waals surface area contributed by atoms with Crippen LogP contribution in [-0.2, 0) is 26.5 Å². The zero-order valence-corrected chi connectivity index (χ0v) is 16.6. The van der Waals surface area contributed by atoms with Gasteiger partial charge < -0.3 is 9.47 Å². The molecule has 2 aliphatic carbocycles. The van der Waals surface area contributed by atoms with Crippen molar-refractivity contribution in [2.24, 2.45) is 0 Å². The molecule has 0 unspecified atom stereocenters. The van der Waals surface area contributed by atoms with Crippen LogP contribution in [0.2, 0.25) is 0 Å². The van der Waals surface area contributed by atoms with Gasteiger partial charge in [-0.3, -0.25) is 0 Å². The van der Waals surface area contributed by atoms with Crippen molar-refractivity contribution >= 4 is 34.6 Å². The van der Waals surface area contributed by atoms with Gasteiger partial charge in [0.15, 0.2) is 12.2 Å². The van der Waals surface area contributed by atoms with Gasteiger partial charge in [-0.1, -0.05) is 12.1 Å². The summed E-state index contributed by atoms with van der Waals surface area (Å²) >= 11 is 2.76. The van der Waals surface area contributed by atoms with Gasteiger partial charge in [-0.25, -0.2) is 9.59 Å². The van der Waals surface area contributed by atoms with Gasteiger partial charge in [0.05, 0.1) is 0 Å². The molecule has 0 saturated heterocycles. The maximum Gasteiger partial charge on any atom is 0.349 e. The molecule has 2 saturated carbocycles. The van der Waals surface area contributed by atoms with E-state index in [9.17, 15) is 9.59 Å². The van der Waals surface area contributed by atoms with Crippen molar-refractivity contribution in [2.45, 2.75) is 0 Å². The molecule has 0 bridgehead atoms. The maximum atomic E-state index is 11.4. The summed E-state index contributed by atoms with van der Waals surface area (Å²) < 4.78 is 10.1. The van der Waals surface area contributed by atoms with Gasteiger partial charge in [-0.15, -0.1) is 22.7 Å². The third kappa shape index (κ3) is 7.07. The second kappa shape index (κ2) is 11.6. The second-order valence-corrected chi connectivity index (χ2v) is 6.87. The molecule has 0 N–H and O–H groups in total. The van der Waals surface area contributed by atoms with Crippen molar-refractivity contribution in [3.8, 4) is 0 Å². The fourth-order valence-corrected chi connectivity index (χ4v) is 3.15. The van der Waals surface area contributed by atoms with E-state index >= 15 is 0 Å². The van der Waals surface area contributed by atoms with Crippen molar-refractivity contribution in [3.05, 3.63) is 108 Å². The summed E-state index contributed by atoms with van der Waals surface area (Å²) in [7, 11) is 0. The van der Waals surface area contributed by atoms with Gasteiger partial charge in [0.2, 0.25) is 0 Å². The van der Waals surface area contributed by atoms with Crippen molar-refractivity contribution in [1.82, 2.24) is 0 Å².